The summed E-state index contributed by atoms with van der Waals surface area (Å²) in [6.45, 7) is 6.55. The molecule has 11 nitrogen and oxygen atoms in total. The average molecular weight is 559 g/mol. The Morgan fingerprint density at radius 3 is 2.18 bits per heavy atom. The lowest BCUT2D eigenvalue weighted by atomic mass is 9.39. The van der Waals surface area contributed by atoms with Gasteiger partial charge in [-0.25, -0.2) is 9.59 Å². The highest BCUT2D eigenvalue weighted by atomic mass is 35.5. The quantitative estimate of drug-likeness (QED) is 0.466. The summed E-state index contributed by atoms with van der Waals surface area (Å²) in [7, 11) is 2.18. The lowest BCUT2D eigenvalue weighted by Crippen LogP contribution is -2.75. The SMILES string of the molecule is CN(Cc1ccc(-n2ccc(NC(=O)N3CCN(C(=O)C(C)(C)N)CC3)nc2=O)cc1)C12CC(CN)(C1)C2.Cl. The zero-order valence-electron chi connectivity index (χ0n) is 22.9. The first-order valence-electron chi connectivity index (χ1n) is 13.2. The summed E-state index contributed by atoms with van der Waals surface area (Å²) in [5.74, 6) is 0.0443. The number of nitrogens with two attached hydrogens (primary N) is 2. The highest BCUT2D eigenvalue weighted by Gasteiger charge is 2.68. The molecule has 0 radical (unpaired) electrons. The monoisotopic (exact) mass is 558 g/mol. The molecule has 0 atom stereocenters. The fraction of sp³-hybridized carbons (Fsp3) is 0.556. The molecular formula is C27H39ClN8O3. The topological polar surface area (TPSA) is 143 Å². The van der Waals surface area contributed by atoms with Gasteiger partial charge in [0, 0.05) is 44.5 Å². The summed E-state index contributed by atoms with van der Waals surface area (Å²) < 4.78 is 1.45. The van der Waals surface area contributed by atoms with Crippen molar-refractivity contribution in [2.75, 3.05) is 45.1 Å². The van der Waals surface area contributed by atoms with Crippen molar-refractivity contribution in [3.63, 3.8) is 0 Å². The molecule has 0 spiro atoms. The van der Waals surface area contributed by atoms with Crippen LogP contribution in [0.4, 0.5) is 10.6 Å². The van der Waals surface area contributed by atoms with Gasteiger partial charge in [-0.1, -0.05) is 12.1 Å². The highest BCUT2D eigenvalue weighted by molar-refractivity contribution is 5.89. The molecule has 2 heterocycles. The Labute approximate surface area is 234 Å². The van der Waals surface area contributed by atoms with E-state index in [1.807, 2.05) is 24.3 Å². The van der Waals surface area contributed by atoms with Crippen LogP contribution in [-0.4, -0.2) is 87.0 Å². The molecule has 12 heteroatoms. The van der Waals surface area contributed by atoms with E-state index in [0.717, 1.165) is 13.1 Å². The van der Waals surface area contributed by atoms with Gasteiger partial charge in [0.2, 0.25) is 5.91 Å². The Morgan fingerprint density at radius 1 is 1.05 bits per heavy atom. The number of urea groups is 1. The Hall–Kier alpha value is -2.99. The van der Waals surface area contributed by atoms with Crippen molar-refractivity contribution in [1.82, 2.24) is 24.3 Å². The Bertz CT molecular complexity index is 1260. The van der Waals surface area contributed by atoms with Crippen LogP contribution in [-0.2, 0) is 11.3 Å². The van der Waals surface area contributed by atoms with Crippen molar-refractivity contribution >= 4 is 30.2 Å². The summed E-state index contributed by atoms with van der Waals surface area (Å²) in [6.07, 6.45) is 5.19. The fourth-order valence-electron chi connectivity index (χ4n) is 6.14. The fourth-order valence-corrected chi connectivity index (χ4v) is 6.14. The third-order valence-corrected chi connectivity index (χ3v) is 8.43. The van der Waals surface area contributed by atoms with Crippen molar-refractivity contribution in [2.24, 2.45) is 16.9 Å². The van der Waals surface area contributed by atoms with E-state index in [2.05, 4.69) is 22.2 Å². The van der Waals surface area contributed by atoms with E-state index < -0.39 is 11.2 Å². The molecule has 3 saturated carbocycles. The van der Waals surface area contributed by atoms with Crippen LogP contribution in [0.25, 0.3) is 5.69 Å². The first-order chi connectivity index (χ1) is 17.9. The number of nitrogens with one attached hydrogen (secondary N) is 1. The second kappa shape index (κ2) is 10.5. The number of piperazine rings is 1. The maximum Gasteiger partial charge on any atom is 0.354 e. The van der Waals surface area contributed by atoms with E-state index in [-0.39, 0.29) is 30.2 Å². The molecule has 1 aromatic heterocycles. The van der Waals surface area contributed by atoms with Gasteiger partial charge in [0.15, 0.2) is 0 Å². The molecule has 2 bridgehead atoms. The maximum absolute atomic E-state index is 12.7. The predicted molar refractivity (Wildman–Crippen MR) is 152 cm³/mol. The molecule has 4 fully saturated rings. The average Bonchev–Trinajstić information content (AvgIpc) is 2.82. The number of benzene rings is 1. The Balaban J connectivity index is 0.00000353. The lowest BCUT2D eigenvalue weighted by molar-refractivity contribution is -0.209. The number of hydrogen-bond donors (Lipinski definition) is 3. The van der Waals surface area contributed by atoms with E-state index in [1.165, 1.54) is 29.4 Å². The number of hydrogen-bond acceptors (Lipinski definition) is 7. The van der Waals surface area contributed by atoms with Gasteiger partial charge < -0.3 is 21.3 Å². The van der Waals surface area contributed by atoms with E-state index in [9.17, 15) is 14.4 Å². The van der Waals surface area contributed by atoms with Crippen LogP contribution in [0.5, 0.6) is 0 Å². The number of rotatable bonds is 7. The lowest BCUT2D eigenvalue weighted by Gasteiger charge is -2.73. The molecule has 1 saturated heterocycles. The molecule has 39 heavy (non-hydrogen) atoms. The molecule has 3 aliphatic carbocycles. The second-order valence-corrected chi connectivity index (χ2v) is 11.9. The molecular weight excluding hydrogens is 520 g/mol. The minimum Gasteiger partial charge on any atom is -0.338 e. The van der Waals surface area contributed by atoms with E-state index >= 15 is 0 Å². The van der Waals surface area contributed by atoms with E-state index in [0.29, 0.717) is 42.8 Å². The van der Waals surface area contributed by atoms with Crippen molar-refractivity contribution in [1.29, 1.82) is 0 Å². The number of nitrogens with zero attached hydrogens (tertiary/aromatic N) is 5. The first kappa shape index (κ1) is 29.0. The molecule has 1 aromatic carbocycles. The summed E-state index contributed by atoms with van der Waals surface area (Å²) in [5.41, 5.74) is 13.0. The van der Waals surface area contributed by atoms with Crippen molar-refractivity contribution in [3.05, 3.63) is 52.6 Å². The summed E-state index contributed by atoms with van der Waals surface area (Å²) in [6, 6.07) is 9.15. The Morgan fingerprint density at radius 2 is 1.64 bits per heavy atom. The van der Waals surface area contributed by atoms with Gasteiger partial charge in [0.05, 0.1) is 11.2 Å². The van der Waals surface area contributed by atoms with Gasteiger partial charge in [-0.2, -0.15) is 4.98 Å². The molecule has 0 unspecified atom stereocenters. The zero-order valence-corrected chi connectivity index (χ0v) is 23.7. The number of carbonyl (C=O) groups excluding carboxylic acids is 2. The predicted octanol–water partition coefficient (Wildman–Crippen LogP) is 1.38. The summed E-state index contributed by atoms with van der Waals surface area (Å²) in [4.78, 5) is 47.5. The summed E-state index contributed by atoms with van der Waals surface area (Å²) in [5, 5.41) is 2.69. The molecule has 212 valence electrons. The molecule has 3 amide bonds. The number of amides is 3. The largest absolute Gasteiger partial charge is 0.354 e. The summed E-state index contributed by atoms with van der Waals surface area (Å²) >= 11 is 0. The van der Waals surface area contributed by atoms with Crippen LogP contribution in [0, 0.1) is 5.41 Å². The molecule has 6 rings (SSSR count). The molecule has 5 N–H and O–H groups in total. The number of anilines is 1. The van der Waals surface area contributed by atoms with Gasteiger partial charge >= 0.3 is 11.7 Å². The molecule has 4 aliphatic rings. The number of carbonyl (C=O) groups is 2. The third kappa shape index (κ3) is 5.54. The van der Waals surface area contributed by atoms with Gasteiger partial charge in [0.1, 0.15) is 5.82 Å². The minimum absolute atomic E-state index is 0. The van der Waals surface area contributed by atoms with Crippen LogP contribution < -0.4 is 22.5 Å². The minimum atomic E-state index is -0.945. The molecule has 1 aliphatic heterocycles. The number of aromatic nitrogens is 2. The number of halogens is 1. The second-order valence-electron chi connectivity index (χ2n) is 11.9. The van der Waals surface area contributed by atoms with Gasteiger partial charge in [-0.05, 0) is 75.9 Å². The molecule has 2 aromatic rings. The van der Waals surface area contributed by atoms with Crippen LogP contribution in [0.3, 0.4) is 0 Å². The first-order valence-corrected chi connectivity index (χ1v) is 13.2. The van der Waals surface area contributed by atoms with Crippen molar-refractivity contribution < 1.29 is 9.59 Å². The van der Waals surface area contributed by atoms with Crippen molar-refractivity contribution in [2.45, 2.75) is 50.7 Å². The highest BCUT2D eigenvalue weighted by Crippen LogP contribution is 2.69. The zero-order chi connectivity index (χ0) is 27.3. The van der Waals surface area contributed by atoms with Crippen LogP contribution in [0.1, 0.15) is 38.7 Å². The van der Waals surface area contributed by atoms with Crippen LogP contribution in [0.15, 0.2) is 41.3 Å². The van der Waals surface area contributed by atoms with Crippen LogP contribution in [0.2, 0.25) is 0 Å². The van der Waals surface area contributed by atoms with Crippen LogP contribution >= 0.6 is 12.4 Å². The Kier molecular flexibility index (Phi) is 7.83. The standard InChI is InChI=1S/C27H38N8O3.ClH/c1-25(2,29)22(36)33-10-12-34(13-11-33)23(37)30-21-8-9-35(24(38)31-21)20-6-4-19(5-7-20)14-32(3)27-15-26(16-27,17-27)18-28;/h4-9H,10-18,28-29H2,1-3H3,(H,30,31,37,38);1H. The van der Waals surface area contributed by atoms with E-state index in [4.69, 9.17) is 11.5 Å². The smallest absolute Gasteiger partial charge is 0.338 e. The van der Waals surface area contributed by atoms with Gasteiger partial charge in [-0.3, -0.25) is 19.6 Å². The maximum atomic E-state index is 12.7. The van der Waals surface area contributed by atoms with Crippen molar-refractivity contribution in [3.8, 4) is 5.69 Å². The van der Waals surface area contributed by atoms with E-state index in [1.54, 1.807) is 35.9 Å². The van der Waals surface area contributed by atoms with Gasteiger partial charge in [-0.15, -0.1) is 12.4 Å². The normalized spacial score (nSPS) is 23.9. The van der Waals surface area contributed by atoms with Gasteiger partial charge in [0.25, 0.3) is 0 Å². The third-order valence-electron chi connectivity index (χ3n) is 8.43.